The number of nitrogens with zero attached hydrogens (tertiary/aromatic N) is 6. The minimum Gasteiger partial charge on any atom is -0.457 e. The molecule has 0 aliphatic carbocycles. The summed E-state index contributed by atoms with van der Waals surface area (Å²) < 4.78 is 5.86. The van der Waals surface area contributed by atoms with E-state index in [1.54, 1.807) is 0 Å². The van der Waals surface area contributed by atoms with Crippen LogP contribution in [-0.4, -0.2) is 36.2 Å². The average molecular weight is 368 g/mol. The van der Waals surface area contributed by atoms with Gasteiger partial charge in [0, 0.05) is 26.2 Å². The summed E-state index contributed by atoms with van der Waals surface area (Å²) in [7, 11) is 0. The SMILES string of the molecule is CCN(CC)N=Nc1ccc(Oc2ccc(N=NN(CC)CC)cc2)cc1. The Morgan fingerprint density at radius 2 is 0.926 bits per heavy atom. The second-order valence-corrected chi connectivity index (χ2v) is 5.75. The largest absolute Gasteiger partial charge is 0.457 e. The highest BCUT2D eigenvalue weighted by atomic mass is 16.5. The Morgan fingerprint density at radius 3 is 1.22 bits per heavy atom. The Balaban J connectivity index is 1.95. The summed E-state index contributed by atoms with van der Waals surface area (Å²) in [6, 6.07) is 15.1. The normalized spacial score (nSPS) is 11.3. The zero-order valence-electron chi connectivity index (χ0n) is 16.5. The molecule has 0 saturated carbocycles. The molecule has 7 nitrogen and oxygen atoms in total. The Morgan fingerprint density at radius 1 is 0.593 bits per heavy atom. The van der Waals surface area contributed by atoms with E-state index >= 15 is 0 Å². The lowest BCUT2D eigenvalue weighted by Gasteiger charge is -2.11. The molecule has 144 valence electrons. The fraction of sp³-hybridized carbons (Fsp3) is 0.400. The molecule has 7 heteroatoms. The molecule has 0 saturated heterocycles. The summed E-state index contributed by atoms with van der Waals surface area (Å²) in [6.07, 6.45) is 0. The van der Waals surface area contributed by atoms with E-state index < -0.39 is 0 Å². The third-order valence-electron chi connectivity index (χ3n) is 3.94. The van der Waals surface area contributed by atoms with Crippen molar-refractivity contribution >= 4 is 11.4 Å². The van der Waals surface area contributed by atoms with Crippen molar-refractivity contribution in [1.29, 1.82) is 0 Å². The summed E-state index contributed by atoms with van der Waals surface area (Å²) in [4.78, 5) is 0. The first-order valence-electron chi connectivity index (χ1n) is 9.39. The van der Waals surface area contributed by atoms with E-state index in [1.807, 2.05) is 58.5 Å². The van der Waals surface area contributed by atoms with Crippen LogP contribution in [0.25, 0.3) is 0 Å². The van der Waals surface area contributed by atoms with Gasteiger partial charge in [-0.15, -0.1) is 10.2 Å². The van der Waals surface area contributed by atoms with Gasteiger partial charge in [0.1, 0.15) is 11.5 Å². The van der Waals surface area contributed by atoms with Gasteiger partial charge in [-0.3, -0.25) is 10.0 Å². The lowest BCUT2D eigenvalue weighted by molar-refractivity contribution is 0.300. The smallest absolute Gasteiger partial charge is 0.127 e. The minimum atomic E-state index is 0.745. The highest BCUT2D eigenvalue weighted by Gasteiger charge is 2.00. The predicted molar refractivity (Wildman–Crippen MR) is 108 cm³/mol. The van der Waals surface area contributed by atoms with Gasteiger partial charge in [0.2, 0.25) is 0 Å². The molecule has 0 amide bonds. The van der Waals surface area contributed by atoms with Crippen molar-refractivity contribution in [2.24, 2.45) is 20.7 Å². The number of hydrogen-bond donors (Lipinski definition) is 0. The zero-order chi connectivity index (χ0) is 19.5. The number of hydrogen-bond acceptors (Lipinski definition) is 5. The van der Waals surface area contributed by atoms with E-state index in [4.69, 9.17) is 4.74 Å². The fourth-order valence-electron chi connectivity index (χ4n) is 2.23. The van der Waals surface area contributed by atoms with Gasteiger partial charge >= 0.3 is 0 Å². The molecule has 0 radical (unpaired) electrons. The summed E-state index contributed by atoms with van der Waals surface area (Å²) >= 11 is 0. The monoisotopic (exact) mass is 368 g/mol. The number of ether oxygens (including phenoxy) is 1. The molecule has 0 aliphatic rings. The standard InChI is InChI=1S/C20H28N6O/c1-5-25(6-2)23-21-17-9-13-19(14-10-17)27-20-15-11-18(12-16-20)22-24-26(7-3)8-4/h9-16H,5-8H2,1-4H3. The van der Waals surface area contributed by atoms with Gasteiger partial charge in [0.15, 0.2) is 0 Å². The quantitative estimate of drug-likeness (QED) is 0.372. The molecule has 0 N–H and O–H groups in total. The van der Waals surface area contributed by atoms with Gasteiger partial charge in [-0.05, 0) is 76.2 Å². The van der Waals surface area contributed by atoms with Crippen molar-refractivity contribution in [3.63, 3.8) is 0 Å². The zero-order valence-corrected chi connectivity index (χ0v) is 16.5. The molecule has 0 aromatic heterocycles. The van der Waals surface area contributed by atoms with Crippen molar-refractivity contribution in [2.75, 3.05) is 26.2 Å². The summed E-state index contributed by atoms with van der Waals surface area (Å²) in [5.41, 5.74) is 1.59. The van der Waals surface area contributed by atoms with Crippen LogP contribution in [0.3, 0.4) is 0 Å². The van der Waals surface area contributed by atoms with Gasteiger partial charge in [-0.2, -0.15) is 0 Å². The minimum absolute atomic E-state index is 0.745. The van der Waals surface area contributed by atoms with E-state index in [0.717, 1.165) is 49.1 Å². The Kier molecular flexibility index (Phi) is 8.22. The van der Waals surface area contributed by atoms with Gasteiger partial charge in [-0.1, -0.05) is 10.4 Å². The van der Waals surface area contributed by atoms with Crippen LogP contribution in [-0.2, 0) is 0 Å². The van der Waals surface area contributed by atoms with Crippen molar-refractivity contribution in [3.8, 4) is 11.5 Å². The maximum absolute atomic E-state index is 5.86. The fourth-order valence-corrected chi connectivity index (χ4v) is 2.23. The molecule has 0 unspecified atom stereocenters. The second kappa shape index (κ2) is 10.9. The molecule has 0 heterocycles. The first kappa shape index (κ1) is 20.4. The van der Waals surface area contributed by atoms with Crippen LogP contribution in [0.5, 0.6) is 11.5 Å². The molecule has 0 fully saturated rings. The van der Waals surface area contributed by atoms with Crippen molar-refractivity contribution in [2.45, 2.75) is 27.7 Å². The van der Waals surface area contributed by atoms with Crippen molar-refractivity contribution in [3.05, 3.63) is 48.5 Å². The first-order valence-corrected chi connectivity index (χ1v) is 9.39. The van der Waals surface area contributed by atoms with Crippen molar-refractivity contribution < 1.29 is 4.74 Å². The number of rotatable bonds is 10. The van der Waals surface area contributed by atoms with Gasteiger partial charge in [0.05, 0.1) is 11.4 Å². The third kappa shape index (κ3) is 6.69. The maximum atomic E-state index is 5.86. The highest BCUT2D eigenvalue weighted by molar-refractivity contribution is 5.44. The lowest BCUT2D eigenvalue weighted by Crippen LogP contribution is -2.14. The van der Waals surface area contributed by atoms with E-state index in [9.17, 15) is 0 Å². The van der Waals surface area contributed by atoms with Crippen LogP contribution in [0.4, 0.5) is 11.4 Å². The van der Waals surface area contributed by atoms with Crippen molar-refractivity contribution in [1.82, 2.24) is 10.0 Å². The van der Waals surface area contributed by atoms with Gasteiger partial charge in [0.25, 0.3) is 0 Å². The average Bonchev–Trinajstić information content (AvgIpc) is 2.72. The van der Waals surface area contributed by atoms with Crippen LogP contribution in [0.1, 0.15) is 27.7 Å². The molecule has 27 heavy (non-hydrogen) atoms. The van der Waals surface area contributed by atoms with Gasteiger partial charge < -0.3 is 4.74 Å². The molecular weight excluding hydrogens is 340 g/mol. The molecule has 0 spiro atoms. The molecule has 2 aromatic rings. The molecule has 2 aromatic carbocycles. The molecule has 0 atom stereocenters. The molecular formula is C20H28N6O. The predicted octanol–water partition coefficient (Wildman–Crippen LogP) is 6.16. The van der Waals surface area contributed by atoms with Crippen LogP contribution in [0.15, 0.2) is 69.2 Å². The maximum Gasteiger partial charge on any atom is 0.127 e. The Labute approximate surface area is 161 Å². The Hall–Kier alpha value is -2.96. The molecule has 0 aliphatic heterocycles. The van der Waals surface area contributed by atoms with Crippen LogP contribution < -0.4 is 4.74 Å². The topological polar surface area (TPSA) is 65.1 Å². The van der Waals surface area contributed by atoms with Crippen LogP contribution >= 0.6 is 0 Å². The molecule has 0 bridgehead atoms. The van der Waals surface area contributed by atoms with Crippen LogP contribution in [0.2, 0.25) is 0 Å². The lowest BCUT2D eigenvalue weighted by atomic mass is 10.3. The summed E-state index contributed by atoms with van der Waals surface area (Å²) in [5.74, 6) is 1.49. The van der Waals surface area contributed by atoms with E-state index in [-0.39, 0.29) is 0 Å². The van der Waals surface area contributed by atoms with Gasteiger partial charge in [-0.25, -0.2) is 0 Å². The third-order valence-corrected chi connectivity index (χ3v) is 3.94. The van der Waals surface area contributed by atoms with E-state index in [0.29, 0.717) is 0 Å². The van der Waals surface area contributed by atoms with Crippen LogP contribution in [0, 0.1) is 0 Å². The first-order chi connectivity index (χ1) is 13.2. The Bertz CT molecular complexity index is 656. The second-order valence-electron chi connectivity index (χ2n) is 5.75. The highest BCUT2D eigenvalue weighted by Crippen LogP contribution is 2.26. The molecule has 2 rings (SSSR count). The summed E-state index contributed by atoms with van der Waals surface area (Å²) in [6.45, 7) is 11.6. The van der Waals surface area contributed by atoms with E-state index in [2.05, 4.69) is 48.4 Å². The summed E-state index contributed by atoms with van der Waals surface area (Å²) in [5, 5.41) is 20.6. The van der Waals surface area contributed by atoms with E-state index in [1.165, 1.54) is 0 Å². The number of benzene rings is 2.